The molecule has 5 nitrogen and oxygen atoms in total. The maximum atomic E-state index is 11.3. The van der Waals surface area contributed by atoms with Crippen LogP contribution in [0.15, 0.2) is 73.2 Å². The molecule has 0 bridgehead atoms. The van der Waals surface area contributed by atoms with Crippen LogP contribution in [-0.4, -0.2) is 20.5 Å². The van der Waals surface area contributed by atoms with Crippen molar-refractivity contribution < 1.29 is 9.53 Å². The van der Waals surface area contributed by atoms with E-state index in [9.17, 15) is 4.79 Å². The molecular weight excluding hydrogens is 302 g/mol. The summed E-state index contributed by atoms with van der Waals surface area (Å²) < 4.78 is 9.37. The molecule has 0 spiro atoms. The fourth-order valence-corrected chi connectivity index (χ4v) is 2.76. The molecule has 2 aromatic carbocycles. The van der Waals surface area contributed by atoms with Crippen LogP contribution < -0.4 is 4.74 Å². The van der Waals surface area contributed by atoms with Crippen molar-refractivity contribution in [2.75, 3.05) is 0 Å². The molecule has 5 heteroatoms. The standard InChI is InChI=1S/C19H15N3O2/c23-14-21-13-20-11-18(21)22-17-9-5-4-8-16(17)10-19(22)24-12-15-6-2-1-3-7-15/h1-11,13-14H,12H2. The molecule has 0 aliphatic heterocycles. The van der Waals surface area contributed by atoms with Gasteiger partial charge in [-0.25, -0.2) is 4.98 Å². The summed E-state index contributed by atoms with van der Waals surface area (Å²) in [4.78, 5) is 15.3. The number of hydrogen-bond acceptors (Lipinski definition) is 3. The molecule has 0 radical (unpaired) electrons. The van der Waals surface area contributed by atoms with E-state index >= 15 is 0 Å². The molecule has 2 aromatic heterocycles. The summed E-state index contributed by atoms with van der Waals surface area (Å²) in [6, 6.07) is 19.9. The van der Waals surface area contributed by atoms with Crippen LogP contribution in [-0.2, 0) is 11.4 Å². The van der Waals surface area contributed by atoms with Gasteiger partial charge >= 0.3 is 0 Å². The Morgan fingerprint density at radius 2 is 1.83 bits per heavy atom. The lowest BCUT2D eigenvalue weighted by Crippen LogP contribution is -2.07. The van der Waals surface area contributed by atoms with Gasteiger partial charge in [0.25, 0.3) is 0 Å². The Balaban J connectivity index is 1.80. The maximum absolute atomic E-state index is 11.3. The lowest BCUT2D eigenvalue weighted by Gasteiger charge is -2.11. The van der Waals surface area contributed by atoms with Gasteiger partial charge in [0.05, 0.1) is 11.7 Å². The Hall–Kier alpha value is -3.34. The zero-order valence-corrected chi connectivity index (χ0v) is 12.9. The second-order valence-corrected chi connectivity index (χ2v) is 5.42. The van der Waals surface area contributed by atoms with Crippen LogP contribution in [0.25, 0.3) is 16.7 Å². The average Bonchev–Trinajstić information content (AvgIpc) is 3.24. The van der Waals surface area contributed by atoms with E-state index < -0.39 is 0 Å². The number of carbonyl (C=O) groups excluding carboxylic acids is 1. The molecule has 0 saturated carbocycles. The number of carbonyl (C=O) groups is 1. The van der Waals surface area contributed by atoms with Crippen LogP contribution in [0.1, 0.15) is 5.56 Å². The number of imidazole rings is 1. The van der Waals surface area contributed by atoms with Crippen LogP contribution in [0.3, 0.4) is 0 Å². The lowest BCUT2D eigenvalue weighted by molar-refractivity contribution is 0.289. The molecule has 0 aliphatic carbocycles. The summed E-state index contributed by atoms with van der Waals surface area (Å²) in [6.45, 7) is 0.451. The van der Waals surface area contributed by atoms with Crippen molar-refractivity contribution in [3.8, 4) is 11.7 Å². The summed E-state index contributed by atoms with van der Waals surface area (Å²) in [5, 5.41) is 1.04. The molecule has 0 unspecified atom stereocenters. The zero-order chi connectivity index (χ0) is 16.4. The second-order valence-electron chi connectivity index (χ2n) is 5.42. The summed E-state index contributed by atoms with van der Waals surface area (Å²) in [5.41, 5.74) is 2.04. The number of nitrogens with zero attached hydrogens (tertiary/aromatic N) is 3. The number of ether oxygens (including phenoxy) is 1. The van der Waals surface area contributed by atoms with E-state index in [2.05, 4.69) is 4.98 Å². The number of fused-ring (bicyclic) bond motifs is 1. The van der Waals surface area contributed by atoms with E-state index in [1.807, 2.05) is 65.2 Å². The van der Waals surface area contributed by atoms with Gasteiger partial charge in [0.2, 0.25) is 12.3 Å². The van der Waals surface area contributed by atoms with Crippen molar-refractivity contribution in [3.05, 3.63) is 78.8 Å². The molecule has 0 saturated heterocycles. The van der Waals surface area contributed by atoms with E-state index in [0.717, 1.165) is 22.9 Å². The van der Waals surface area contributed by atoms with Gasteiger partial charge in [-0.15, -0.1) is 0 Å². The molecular formula is C19H15N3O2. The quantitative estimate of drug-likeness (QED) is 0.530. The maximum Gasteiger partial charge on any atom is 0.220 e. The van der Waals surface area contributed by atoms with Gasteiger partial charge in [-0.1, -0.05) is 48.5 Å². The molecule has 0 aliphatic rings. The first-order valence-electron chi connectivity index (χ1n) is 7.61. The van der Waals surface area contributed by atoms with Crippen LogP contribution in [0, 0.1) is 0 Å². The summed E-state index contributed by atoms with van der Waals surface area (Å²) >= 11 is 0. The predicted molar refractivity (Wildman–Crippen MR) is 92.0 cm³/mol. The number of para-hydroxylation sites is 1. The Labute approximate surface area is 138 Å². The first-order chi connectivity index (χ1) is 11.9. The van der Waals surface area contributed by atoms with Gasteiger partial charge in [-0.2, -0.15) is 0 Å². The number of rotatable bonds is 5. The molecule has 2 heterocycles. The highest BCUT2D eigenvalue weighted by atomic mass is 16.5. The third kappa shape index (κ3) is 2.46. The molecule has 4 aromatic rings. The lowest BCUT2D eigenvalue weighted by atomic mass is 10.2. The van der Waals surface area contributed by atoms with Crippen molar-refractivity contribution in [1.29, 1.82) is 0 Å². The monoisotopic (exact) mass is 317 g/mol. The smallest absolute Gasteiger partial charge is 0.220 e. The third-order valence-corrected chi connectivity index (χ3v) is 3.89. The van der Waals surface area contributed by atoms with Gasteiger partial charge in [0.1, 0.15) is 18.8 Å². The summed E-state index contributed by atoms with van der Waals surface area (Å²) in [7, 11) is 0. The second kappa shape index (κ2) is 6.04. The topological polar surface area (TPSA) is 49.0 Å². The van der Waals surface area contributed by atoms with Crippen LogP contribution in [0.4, 0.5) is 0 Å². The molecule has 118 valence electrons. The van der Waals surface area contributed by atoms with Crippen molar-refractivity contribution in [3.63, 3.8) is 0 Å². The highest BCUT2D eigenvalue weighted by molar-refractivity contribution is 5.84. The molecule has 0 N–H and O–H groups in total. The minimum Gasteiger partial charge on any atom is -0.474 e. The van der Waals surface area contributed by atoms with Crippen molar-refractivity contribution in [2.45, 2.75) is 6.61 Å². The fourth-order valence-electron chi connectivity index (χ4n) is 2.76. The van der Waals surface area contributed by atoms with Crippen molar-refractivity contribution in [1.82, 2.24) is 14.1 Å². The van der Waals surface area contributed by atoms with Gasteiger partial charge < -0.3 is 4.74 Å². The molecule has 0 fully saturated rings. The van der Waals surface area contributed by atoms with Gasteiger partial charge in [-0.3, -0.25) is 13.9 Å². The van der Waals surface area contributed by atoms with Crippen molar-refractivity contribution in [2.24, 2.45) is 0 Å². The van der Waals surface area contributed by atoms with Crippen molar-refractivity contribution >= 4 is 17.3 Å². The number of benzene rings is 2. The minimum atomic E-state index is 0.451. The Morgan fingerprint density at radius 1 is 1.04 bits per heavy atom. The Morgan fingerprint density at radius 3 is 2.67 bits per heavy atom. The Bertz CT molecular complexity index is 986. The van der Waals surface area contributed by atoms with E-state index in [1.165, 1.54) is 10.9 Å². The zero-order valence-electron chi connectivity index (χ0n) is 12.9. The largest absolute Gasteiger partial charge is 0.474 e. The van der Waals surface area contributed by atoms with Gasteiger partial charge in [0, 0.05) is 11.5 Å². The summed E-state index contributed by atoms with van der Waals surface area (Å²) in [5.74, 6) is 1.32. The van der Waals surface area contributed by atoms with E-state index in [-0.39, 0.29) is 0 Å². The predicted octanol–water partition coefficient (Wildman–Crippen LogP) is 3.44. The Kier molecular flexibility index (Phi) is 3.59. The number of hydrogen-bond donors (Lipinski definition) is 0. The highest BCUT2D eigenvalue weighted by Crippen LogP contribution is 2.29. The van der Waals surface area contributed by atoms with Crippen LogP contribution >= 0.6 is 0 Å². The van der Waals surface area contributed by atoms with E-state index in [4.69, 9.17) is 4.74 Å². The van der Waals surface area contributed by atoms with Gasteiger partial charge in [0.15, 0.2) is 0 Å². The number of aromatic nitrogens is 3. The third-order valence-electron chi connectivity index (χ3n) is 3.89. The average molecular weight is 317 g/mol. The molecule has 24 heavy (non-hydrogen) atoms. The first kappa shape index (κ1) is 14.3. The molecule has 0 atom stereocenters. The van der Waals surface area contributed by atoms with Gasteiger partial charge in [-0.05, 0) is 11.6 Å². The fraction of sp³-hybridized carbons (Fsp3) is 0.0526. The molecule has 0 amide bonds. The van der Waals surface area contributed by atoms with E-state index in [0.29, 0.717) is 18.3 Å². The SMILES string of the molecule is O=Cn1cncc1-n1c(OCc2ccccc2)cc2ccccc21. The van der Waals surface area contributed by atoms with Crippen LogP contribution in [0.5, 0.6) is 5.88 Å². The first-order valence-corrected chi connectivity index (χ1v) is 7.61. The minimum absolute atomic E-state index is 0.451. The summed E-state index contributed by atoms with van der Waals surface area (Å²) in [6.07, 6.45) is 3.87. The van der Waals surface area contributed by atoms with Crippen LogP contribution in [0.2, 0.25) is 0 Å². The highest BCUT2D eigenvalue weighted by Gasteiger charge is 2.15. The van der Waals surface area contributed by atoms with E-state index in [1.54, 1.807) is 6.20 Å². The molecule has 4 rings (SSSR count). The normalized spacial score (nSPS) is 10.8.